The average molecular weight is 489 g/mol. The zero-order valence-electron chi connectivity index (χ0n) is 20.3. The van der Waals surface area contributed by atoms with Gasteiger partial charge >= 0.3 is 0 Å². The van der Waals surface area contributed by atoms with Crippen molar-refractivity contribution in [3.05, 3.63) is 108 Å². The Bertz CT molecular complexity index is 1090. The van der Waals surface area contributed by atoms with Gasteiger partial charge in [-0.15, -0.1) is 0 Å². The van der Waals surface area contributed by atoms with E-state index >= 15 is 0 Å². The fraction of sp³-hybridized carbons (Fsp3) is 0.310. The SMILES string of the molecule is CC(=O)N[C@H]1C(=O)N[C@H](COCc2ccccc2)[C@@H](OCc2ccccc2)[C@@H]1OCc1ccccc1. The molecule has 0 spiro atoms. The molecular weight excluding hydrogens is 456 g/mol. The van der Waals surface area contributed by atoms with Gasteiger partial charge in [-0.1, -0.05) is 91.0 Å². The van der Waals surface area contributed by atoms with E-state index in [1.807, 2.05) is 91.0 Å². The molecule has 4 rings (SSSR count). The zero-order chi connectivity index (χ0) is 25.2. The summed E-state index contributed by atoms with van der Waals surface area (Å²) in [6, 6.07) is 28.0. The minimum atomic E-state index is -0.891. The smallest absolute Gasteiger partial charge is 0.245 e. The Labute approximate surface area is 211 Å². The number of rotatable bonds is 11. The van der Waals surface area contributed by atoms with Crippen molar-refractivity contribution in [1.82, 2.24) is 10.6 Å². The van der Waals surface area contributed by atoms with E-state index in [1.165, 1.54) is 6.92 Å². The summed E-state index contributed by atoms with van der Waals surface area (Å²) < 4.78 is 18.6. The highest BCUT2D eigenvalue weighted by Crippen LogP contribution is 2.23. The second kappa shape index (κ2) is 13.0. The molecule has 188 valence electrons. The normalized spacial score (nSPS) is 21.5. The molecule has 1 saturated heterocycles. The van der Waals surface area contributed by atoms with Crippen LogP contribution in [0.15, 0.2) is 91.0 Å². The van der Waals surface area contributed by atoms with E-state index in [0.717, 1.165) is 16.7 Å². The molecule has 0 radical (unpaired) electrons. The Kier molecular flexibility index (Phi) is 9.21. The van der Waals surface area contributed by atoms with E-state index in [4.69, 9.17) is 14.2 Å². The minimum Gasteiger partial charge on any atom is -0.375 e. The van der Waals surface area contributed by atoms with Crippen molar-refractivity contribution in [2.75, 3.05) is 6.61 Å². The van der Waals surface area contributed by atoms with Gasteiger partial charge in [0.1, 0.15) is 18.2 Å². The molecule has 0 aliphatic carbocycles. The highest BCUT2D eigenvalue weighted by atomic mass is 16.5. The van der Waals surface area contributed by atoms with E-state index in [0.29, 0.717) is 13.2 Å². The molecule has 2 N–H and O–H groups in total. The van der Waals surface area contributed by atoms with E-state index in [1.54, 1.807) is 0 Å². The summed E-state index contributed by atoms with van der Waals surface area (Å²) in [5.41, 5.74) is 2.99. The summed E-state index contributed by atoms with van der Waals surface area (Å²) in [6.45, 7) is 2.63. The number of benzene rings is 3. The van der Waals surface area contributed by atoms with Gasteiger partial charge in [-0.2, -0.15) is 0 Å². The lowest BCUT2D eigenvalue weighted by molar-refractivity contribution is -0.162. The van der Waals surface area contributed by atoms with Gasteiger partial charge < -0.3 is 24.8 Å². The van der Waals surface area contributed by atoms with Crippen molar-refractivity contribution in [2.45, 2.75) is 51.0 Å². The van der Waals surface area contributed by atoms with Crippen molar-refractivity contribution < 1.29 is 23.8 Å². The third-order valence-electron chi connectivity index (χ3n) is 6.00. The lowest BCUT2D eigenvalue weighted by Gasteiger charge is -2.42. The van der Waals surface area contributed by atoms with E-state index in [-0.39, 0.29) is 25.0 Å². The first-order chi connectivity index (χ1) is 17.6. The van der Waals surface area contributed by atoms with Crippen molar-refractivity contribution in [3.63, 3.8) is 0 Å². The van der Waals surface area contributed by atoms with E-state index in [2.05, 4.69) is 10.6 Å². The molecule has 0 bridgehead atoms. The van der Waals surface area contributed by atoms with Gasteiger partial charge in [-0.25, -0.2) is 0 Å². The van der Waals surface area contributed by atoms with Crippen molar-refractivity contribution in [1.29, 1.82) is 0 Å². The van der Waals surface area contributed by atoms with Gasteiger partial charge in [0.05, 0.1) is 32.5 Å². The third-order valence-corrected chi connectivity index (χ3v) is 6.00. The van der Waals surface area contributed by atoms with Crippen molar-refractivity contribution in [2.24, 2.45) is 0 Å². The fourth-order valence-corrected chi connectivity index (χ4v) is 4.24. The van der Waals surface area contributed by atoms with Crippen LogP contribution < -0.4 is 10.6 Å². The number of carbonyl (C=O) groups is 2. The van der Waals surface area contributed by atoms with Gasteiger partial charge in [0.15, 0.2) is 0 Å². The van der Waals surface area contributed by atoms with Crippen molar-refractivity contribution >= 4 is 11.8 Å². The molecule has 0 saturated carbocycles. The second-order valence-electron chi connectivity index (χ2n) is 8.82. The van der Waals surface area contributed by atoms with Gasteiger partial charge in [-0.05, 0) is 16.7 Å². The van der Waals surface area contributed by atoms with Crippen LogP contribution in [0.5, 0.6) is 0 Å². The van der Waals surface area contributed by atoms with Gasteiger partial charge in [0.2, 0.25) is 11.8 Å². The summed E-state index contributed by atoms with van der Waals surface area (Å²) in [6.07, 6.45) is -1.27. The molecule has 0 aromatic heterocycles. The number of hydrogen-bond donors (Lipinski definition) is 2. The summed E-state index contributed by atoms with van der Waals surface area (Å²) in [7, 11) is 0. The fourth-order valence-electron chi connectivity index (χ4n) is 4.24. The quantitative estimate of drug-likeness (QED) is 0.432. The predicted octanol–water partition coefficient (Wildman–Crippen LogP) is 3.38. The molecule has 1 fully saturated rings. The summed E-state index contributed by atoms with van der Waals surface area (Å²) in [4.78, 5) is 25.1. The monoisotopic (exact) mass is 488 g/mol. The standard InChI is InChI=1S/C29H32N2O5/c1-21(32)30-26-28(36-19-24-15-9-4-10-16-24)27(35-18-23-13-7-3-8-14-23)25(31-29(26)33)20-34-17-22-11-5-2-6-12-22/h2-16,25-28H,17-20H2,1H3,(H,30,32)(H,31,33)/t25-,26-,27-,28-/m1/s1. The van der Waals surface area contributed by atoms with Crippen LogP contribution >= 0.6 is 0 Å². The summed E-state index contributed by atoms with van der Waals surface area (Å²) in [5, 5.41) is 5.74. The van der Waals surface area contributed by atoms with Crippen LogP contribution in [0.3, 0.4) is 0 Å². The Morgan fingerprint density at radius 1 is 0.750 bits per heavy atom. The van der Waals surface area contributed by atoms with Crippen LogP contribution in [-0.2, 0) is 43.6 Å². The third kappa shape index (κ3) is 7.24. The number of ether oxygens (including phenoxy) is 3. The Morgan fingerprint density at radius 2 is 1.22 bits per heavy atom. The highest BCUT2D eigenvalue weighted by molar-refractivity contribution is 5.88. The first-order valence-electron chi connectivity index (χ1n) is 12.1. The maximum Gasteiger partial charge on any atom is 0.245 e. The van der Waals surface area contributed by atoms with E-state index < -0.39 is 24.3 Å². The van der Waals surface area contributed by atoms with Crippen molar-refractivity contribution in [3.8, 4) is 0 Å². The topological polar surface area (TPSA) is 85.9 Å². The maximum absolute atomic E-state index is 13.1. The lowest BCUT2D eigenvalue weighted by Crippen LogP contribution is -2.69. The number of hydrogen-bond acceptors (Lipinski definition) is 5. The number of piperidine rings is 1. The second-order valence-corrected chi connectivity index (χ2v) is 8.82. The molecule has 36 heavy (non-hydrogen) atoms. The molecule has 1 heterocycles. The number of amides is 2. The first-order valence-corrected chi connectivity index (χ1v) is 12.1. The van der Waals surface area contributed by atoms with Gasteiger partial charge in [-0.3, -0.25) is 9.59 Å². The first kappa shape index (κ1) is 25.6. The molecule has 7 heteroatoms. The van der Waals surface area contributed by atoms with Crippen LogP contribution in [-0.4, -0.2) is 42.7 Å². The number of nitrogens with one attached hydrogen (secondary N) is 2. The highest BCUT2D eigenvalue weighted by Gasteiger charge is 2.46. The molecular formula is C29H32N2O5. The molecule has 1 aliphatic rings. The van der Waals surface area contributed by atoms with Crippen LogP contribution in [0.25, 0.3) is 0 Å². The number of carbonyl (C=O) groups excluding carboxylic acids is 2. The Hall–Kier alpha value is -3.52. The predicted molar refractivity (Wildman–Crippen MR) is 136 cm³/mol. The Balaban J connectivity index is 1.54. The molecule has 4 atom stereocenters. The van der Waals surface area contributed by atoms with E-state index in [9.17, 15) is 9.59 Å². The zero-order valence-corrected chi connectivity index (χ0v) is 20.3. The Morgan fingerprint density at radius 3 is 1.72 bits per heavy atom. The average Bonchev–Trinajstić information content (AvgIpc) is 2.90. The van der Waals surface area contributed by atoms with Crippen LogP contribution in [0, 0.1) is 0 Å². The molecule has 3 aromatic carbocycles. The summed E-state index contributed by atoms with van der Waals surface area (Å²) in [5.74, 6) is -0.639. The van der Waals surface area contributed by atoms with Gasteiger partial charge in [0, 0.05) is 6.92 Å². The lowest BCUT2D eigenvalue weighted by atomic mass is 9.93. The molecule has 3 aromatic rings. The molecule has 0 unspecified atom stereocenters. The molecule has 2 amide bonds. The largest absolute Gasteiger partial charge is 0.375 e. The van der Waals surface area contributed by atoms with Crippen LogP contribution in [0.4, 0.5) is 0 Å². The summed E-state index contributed by atoms with van der Waals surface area (Å²) >= 11 is 0. The molecule has 7 nitrogen and oxygen atoms in total. The minimum absolute atomic E-state index is 0.234. The molecule has 1 aliphatic heterocycles. The van der Waals surface area contributed by atoms with Crippen LogP contribution in [0.2, 0.25) is 0 Å². The maximum atomic E-state index is 13.1. The van der Waals surface area contributed by atoms with Crippen LogP contribution in [0.1, 0.15) is 23.6 Å². The van der Waals surface area contributed by atoms with Gasteiger partial charge in [0.25, 0.3) is 0 Å².